The van der Waals surface area contributed by atoms with Gasteiger partial charge in [-0.15, -0.1) is 4.57 Å². The number of halogens is 2. The van der Waals surface area contributed by atoms with Crippen LogP contribution in [0.5, 0.6) is 0 Å². The van der Waals surface area contributed by atoms with Crippen LogP contribution < -0.4 is 15.3 Å². The lowest BCUT2D eigenvalue weighted by Gasteiger charge is -2.40. The third-order valence-electron chi connectivity index (χ3n) is 6.24. The summed E-state index contributed by atoms with van der Waals surface area (Å²) < 4.78 is 21.6. The summed E-state index contributed by atoms with van der Waals surface area (Å²) in [6, 6.07) is 2.53. The number of aromatic nitrogens is 4. The molecule has 37 heavy (non-hydrogen) atoms. The van der Waals surface area contributed by atoms with Gasteiger partial charge >= 0.3 is 17.4 Å². The number of anilines is 1. The standard InChI is InChI=1S/C25H30ClFN6O4/c1-7-18-19(14(2)8-9-28-18)32-22-16(12-17(27)20(26)33(22)36)21(29-23(32)34)31-11-10-30(13-15(31)3)24(35)37-25(4,5)6/h8-9,12,15H,7,10-11,13H2,1-6H3/t15-/m0/s1. The second kappa shape index (κ2) is 9.77. The first kappa shape index (κ1) is 26.6. The molecule has 10 nitrogen and oxygen atoms in total. The number of nitrogens with zero attached hydrogens (tertiary/aromatic N) is 6. The highest BCUT2D eigenvalue weighted by Crippen LogP contribution is 2.30. The van der Waals surface area contributed by atoms with E-state index in [2.05, 4.69) is 9.97 Å². The number of piperazine rings is 1. The molecule has 0 bridgehead atoms. The molecule has 1 aliphatic heterocycles. The van der Waals surface area contributed by atoms with Gasteiger partial charge in [0.05, 0.1) is 5.69 Å². The first-order chi connectivity index (χ1) is 17.3. The molecule has 0 aliphatic carbocycles. The van der Waals surface area contributed by atoms with Crippen molar-refractivity contribution in [3.63, 3.8) is 0 Å². The van der Waals surface area contributed by atoms with Gasteiger partial charge in [-0.2, -0.15) is 4.98 Å². The van der Waals surface area contributed by atoms with Crippen molar-refractivity contribution >= 4 is 34.5 Å². The van der Waals surface area contributed by atoms with E-state index in [9.17, 15) is 19.2 Å². The highest BCUT2D eigenvalue weighted by molar-refractivity contribution is 6.28. The Morgan fingerprint density at radius 3 is 2.68 bits per heavy atom. The van der Waals surface area contributed by atoms with Gasteiger partial charge in [-0.3, -0.25) is 4.98 Å². The Morgan fingerprint density at radius 1 is 1.35 bits per heavy atom. The molecule has 1 saturated heterocycles. The van der Waals surface area contributed by atoms with Gasteiger partial charge in [0, 0.05) is 31.9 Å². The molecule has 0 spiro atoms. The Morgan fingerprint density at radius 2 is 2.05 bits per heavy atom. The summed E-state index contributed by atoms with van der Waals surface area (Å²) in [6.45, 7) is 11.8. The van der Waals surface area contributed by atoms with E-state index in [1.54, 1.807) is 49.8 Å². The number of carbonyl (C=O) groups is 1. The molecular weight excluding hydrogens is 503 g/mol. The molecule has 0 N–H and O–H groups in total. The lowest BCUT2D eigenvalue weighted by molar-refractivity contribution is -0.579. The second-order valence-electron chi connectivity index (χ2n) is 10.1. The maximum atomic E-state index is 14.8. The Hall–Kier alpha value is -3.47. The number of aryl methyl sites for hydroxylation is 2. The maximum absolute atomic E-state index is 14.8. The molecule has 198 valence electrons. The number of rotatable bonds is 3. The minimum atomic E-state index is -0.934. The molecule has 1 fully saturated rings. The summed E-state index contributed by atoms with van der Waals surface area (Å²) in [5, 5.41) is 12.7. The van der Waals surface area contributed by atoms with Crippen LogP contribution in [0.2, 0.25) is 5.15 Å². The van der Waals surface area contributed by atoms with Crippen molar-refractivity contribution in [1.29, 1.82) is 0 Å². The van der Waals surface area contributed by atoms with Gasteiger partial charge < -0.3 is 19.7 Å². The summed E-state index contributed by atoms with van der Waals surface area (Å²) in [5.41, 5.74) is 0.188. The first-order valence-corrected chi connectivity index (χ1v) is 12.5. The van der Waals surface area contributed by atoms with Gasteiger partial charge in [0.25, 0.3) is 0 Å². The number of hydrogen-bond acceptors (Lipinski definition) is 7. The van der Waals surface area contributed by atoms with Crippen LogP contribution in [0, 0.1) is 17.9 Å². The molecule has 3 aromatic rings. The van der Waals surface area contributed by atoms with Crippen molar-refractivity contribution in [1.82, 2.24) is 19.4 Å². The Kier molecular flexibility index (Phi) is 7.02. The zero-order chi connectivity index (χ0) is 27.2. The Labute approximate surface area is 218 Å². The van der Waals surface area contributed by atoms with E-state index in [1.807, 2.05) is 13.8 Å². The van der Waals surface area contributed by atoms with E-state index < -0.39 is 28.4 Å². The van der Waals surface area contributed by atoms with Crippen LogP contribution >= 0.6 is 11.6 Å². The smallest absolute Gasteiger partial charge is 0.442 e. The number of fused-ring (bicyclic) bond motifs is 1. The number of hydrogen-bond donors (Lipinski definition) is 0. The summed E-state index contributed by atoms with van der Waals surface area (Å²) in [4.78, 5) is 38.2. The van der Waals surface area contributed by atoms with Gasteiger partial charge in [0.2, 0.25) is 5.15 Å². The minimum absolute atomic E-state index is 0.124. The zero-order valence-electron chi connectivity index (χ0n) is 21.7. The molecular formula is C25H30ClFN6O4. The van der Waals surface area contributed by atoms with Gasteiger partial charge in [0.1, 0.15) is 11.0 Å². The summed E-state index contributed by atoms with van der Waals surface area (Å²) in [6.07, 6.45) is 1.67. The van der Waals surface area contributed by atoms with E-state index in [0.29, 0.717) is 36.5 Å². The second-order valence-corrected chi connectivity index (χ2v) is 10.5. The third kappa shape index (κ3) is 4.92. The fourth-order valence-corrected chi connectivity index (χ4v) is 4.71. The van der Waals surface area contributed by atoms with Gasteiger partial charge in [-0.1, -0.05) is 6.92 Å². The van der Waals surface area contributed by atoms with Crippen molar-refractivity contribution in [3.8, 4) is 5.69 Å². The SMILES string of the molecule is CCc1nccc(C)c1-n1c(=O)nc(N2CCN(C(=O)OC(C)(C)C)C[C@@H]2C)c2cc(F)c(Cl)[n+]([O-])c21. The van der Waals surface area contributed by atoms with Crippen LogP contribution in [0.15, 0.2) is 23.1 Å². The monoisotopic (exact) mass is 532 g/mol. The van der Waals surface area contributed by atoms with E-state index in [-0.39, 0.29) is 34.2 Å². The quantitative estimate of drug-likeness (QED) is 0.288. The number of ether oxygens (including phenoxy) is 1. The predicted octanol–water partition coefficient (Wildman–Crippen LogP) is 3.52. The lowest BCUT2D eigenvalue weighted by atomic mass is 10.1. The van der Waals surface area contributed by atoms with Crippen LogP contribution in [0.1, 0.15) is 45.9 Å². The van der Waals surface area contributed by atoms with Gasteiger partial charge in [0.15, 0.2) is 17.3 Å². The first-order valence-electron chi connectivity index (χ1n) is 12.1. The fraction of sp³-hybridized carbons (Fsp3) is 0.480. The van der Waals surface area contributed by atoms with E-state index in [1.165, 1.54) is 0 Å². The molecule has 12 heteroatoms. The number of amides is 1. The van der Waals surface area contributed by atoms with Crippen molar-refractivity contribution < 1.29 is 18.7 Å². The van der Waals surface area contributed by atoms with Crippen LogP contribution in [0.4, 0.5) is 15.0 Å². The average Bonchev–Trinajstić information content (AvgIpc) is 2.82. The van der Waals surface area contributed by atoms with Gasteiger partial charge in [-0.05, 0) is 70.3 Å². The summed E-state index contributed by atoms with van der Waals surface area (Å²) >= 11 is 6.01. The van der Waals surface area contributed by atoms with Crippen LogP contribution in [0.25, 0.3) is 16.7 Å². The Balaban J connectivity index is 1.88. The van der Waals surface area contributed by atoms with Crippen LogP contribution in [-0.2, 0) is 11.2 Å². The summed E-state index contributed by atoms with van der Waals surface area (Å²) in [5.74, 6) is -0.788. The predicted molar refractivity (Wildman–Crippen MR) is 138 cm³/mol. The lowest BCUT2D eigenvalue weighted by Crippen LogP contribution is -2.55. The normalized spacial score (nSPS) is 16.4. The highest BCUT2D eigenvalue weighted by Gasteiger charge is 2.34. The molecule has 4 rings (SSSR count). The zero-order valence-corrected chi connectivity index (χ0v) is 22.5. The largest absolute Gasteiger partial charge is 0.709 e. The van der Waals surface area contributed by atoms with E-state index in [0.717, 1.165) is 10.6 Å². The molecule has 3 aromatic heterocycles. The molecule has 0 unspecified atom stereocenters. The van der Waals surface area contributed by atoms with Crippen molar-refractivity contribution in [2.75, 3.05) is 24.5 Å². The minimum Gasteiger partial charge on any atom is -0.709 e. The molecule has 0 saturated carbocycles. The number of carbonyl (C=O) groups excluding carboxylic acids is 1. The highest BCUT2D eigenvalue weighted by atomic mass is 35.5. The fourth-order valence-electron chi connectivity index (χ4n) is 4.57. The van der Waals surface area contributed by atoms with E-state index in [4.69, 9.17) is 16.3 Å². The van der Waals surface area contributed by atoms with Crippen LogP contribution in [0.3, 0.4) is 0 Å². The average molecular weight is 533 g/mol. The molecule has 1 atom stereocenters. The van der Waals surface area contributed by atoms with E-state index >= 15 is 0 Å². The molecule has 1 aliphatic rings. The molecule has 0 radical (unpaired) electrons. The number of pyridine rings is 2. The third-order valence-corrected chi connectivity index (χ3v) is 6.57. The molecule has 1 amide bonds. The van der Waals surface area contributed by atoms with Crippen molar-refractivity contribution in [2.45, 2.75) is 59.6 Å². The summed E-state index contributed by atoms with van der Waals surface area (Å²) in [7, 11) is 0. The molecule has 4 heterocycles. The maximum Gasteiger partial charge on any atom is 0.442 e. The van der Waals surface area contributed by atoms with Crippen LogP contribution in [-0.4, -0.2) is 56.8 Å². The molecule has 0 aromatic carbocycles. The Bertz CT molecular complexity index is 1440. The topological polar surface area (TPSA) is 108 Å². The van der Waals surface area contributed by atoms with Crippen molar-refractivity contribution in [2.24, 2.45) is 0 Å². The van der Waals surface area contributed by atoms with Gasteiger partial charge in [-0.25, -0.2) is 18.7 Å². The van der Waals surface area contributed by atoms with Crippen molar-refractivity contribution in [3.05, 3.63) is 56.2 Å².